The molecule has 0 bridgehead atoms. The van der Waals surface area contributed by atoms with Crippen molar-refractivity contribution in [1.82, 2.24) is 25.1 Å². The second kappa shape index (κ2) is 13.4. The second-order valence-electron chi connectivity index (χ2n) is 11.7. The molecule has 1 aromatic heterocycles. The van der Waals surface area contributed by atoms with Crippen molar-refractivity contribution in [1.29, 1.82) is 0 Å². The topological polar surface area (TPSA) is 161 Å². The summed E-state index contributed by atoms with van der Waals surface area (Å²) in [5, 5.41) is 5.48. The molecule has 2 aromatic rings. The van der Waals surface area contributed by atoms with E-state index in [0.29, 0.717) is 45.2 Å². The molecule has 0 radical (unpaired) electrons. The lowest BCUT2D eigenvalue weighted by Crippen LogP contribution is -2.55. The van der Waals surface area contributed by atoms with Gasteiger partial charge in [0.1, 0.15) is 23.5 Å². The van der Waals surface area contributed by atoms with Crippen molar-refractivity contribution in [2.75, 3.05) is 66.8 Å². The number of piperazine rings is 1. The van der Waals surface area contributed by atoms with Gasteiger partial charge in [-0.1, -0.05) is 17.8 Å². The number of hydrogen-bond donors (Lipinski definition) is 2. The Morgan fingerprint density at radius 2 is 1.89 bits per heavy atom. The van der Waals surface area contributed by atoms with E-state index in [1.54, 1.807) is 12.1 Å². The number of hydrogen-bond acceptors (Lipinski definition) is 13. The summed E-state index contributed by atoms with van der Waals surface area (Å²) in [7, 11) is 0. The number of nitrogens with one attached hydrogen (secondary N) is 2. The molecule has 15 heteroatoms. The van der Waals surface area contributed by atoms with Crippen molar-refractivity contribution >= 4 is 65.7 Å². The Morgan fingerprint density at radius 3 is 2.61 bits per heavy atom. The number of benzene rings is 1. The predicted octanol–water partition coefficient (Wildman–Crippen LogP) is 1.29. The highest BCUT2D eigenvalue weighted by atomic mass is 32.2. The third-order valence-corrected chi connectivity index (χ3v) is 9.43. The van der Waals surface area contributed by atoms with Gasteiger partial charge in [0.15, 0.2) is 6.29 Å². The molecule has 240 valence electrons. The second-order valence-corrected chi connectivity index (χ2v) is 12.7. The number of nitrogens with zero attached hydrogens (tertiary/aromatic N) is 7. The van der Waals surface area contributed by atoms with E-state index in [1.165, 1.54) is 18.0 Å². The molecule has 0 aliphatic carbocycles. The van der Waals surface area contributed by atoms with Crippen LogP contribution in [0.4, 0.5) is 17.3 Å². The monoisotopic (exact) mass is 645 g/mol. The highest BCUT2D eigenvalue weighted by Gasteiger charge is 2.46. The third kappa shape index (κ3) is 6.37. The lowest BCUT2D eigenvalue weighted by atomic mass is 9.95. The first-order chi connectivity index (χ1) is 22.2. The molecule has 3 fully saturated rings. The van der Waals surface area contributed by atoms with E-state index in [9.17, 15) is 24.0 Å². The Labute approximate surface area is 270 Å². The van der Waals surface area contributed by atoms with Gasteiger partial charge in [-0.3, -0.25) is 44.1 Å². The maximum atomic E-state index is 13.5. The number of carbonyl (C=O) groups is 5. The lowest BCUT2D eigenvalue weighted by molar-refractivity contribution is -0.136. The van der Waals surface area contributed by atoms with Crippen LogP contribution in [0.2, 0.25) is 0 Å². The minimum atomic E-state index is -0.979. The molecule has 3 saturated heterocycles. The molecule has 0 spiro atoms. The van der Waals surface area contributed by atoms with Crippen LogP contribution in [0.5, 0.6) is 0 Å². The highest BCUT2D eigenvalue weighted by Crippen LogP contribution is 2.37. The Morgan fingerprint density at radius 1 is 1.11 bits per heavy atom. The Balaban J connectivity index is 1.01. The van der Waals surface area contributed by atoms with E-state index < -0.39 is 29.7 Å². The molecular formula is C31H35N9O5S. The highest BCUT2D eigenvalue weighted by molar-refractivity contribution is 8.03. The van der Waals surface area contributed by atoms with Gasteiger partial charge in [0, 0.05) is 70.4 Å². The summed E-state index contributed by atoms with van der Waals surface area (Å²) in [5.41, 5.74) is 1.35. The summed E-state index contributed by atoms with van der Waals surface area (Å²) in [6.07, 6.45) is 2.39. The van der Waals surface area contributed by atoms with Gasteiger partial charge in [-0.15, -0.1) is 0 Å². The number of piperidine rings is 1. The fourth-order valence-electron chi connectivity index (χ4n) is 6.36. The lowest BCUT2D eigenvalue weighted by Gasteiger charge is -2.45. The summed E-state index contributed by atoms with van der Waals surface area (Å²) in [4.78, 5) is 82.9. The molecule has 4 amide bonds. The van der Waals surface area contributed by atoms with Crippen LogP contribution in [0.25, 0.3) is 0 Å². The minimum absolute atomic E-state index is 0.0893. The molecule has 2 N–H and O–H groups in total. The van der Waals surface area contributed by atoms with E-state index in [1.807, 2.05) is 19.1 Å². The SMILES string of the molecule is C=N/C=C(/C=O)SCNc1cc(N2CCN(CC3CN(c4cccc5c4C(=O)N(C4CCC(=O)NC4=O)C5=O)C3)CC2)nc(C)n1. The van der Waals surface area contributed by atoms with Crippen molar-refractivity contribution < 1.29 is 24.0 Å². The summed E-state index contributed by atoms with van der Waals surface area (Å²) in [6, 6.07) is 6.20. The molecule has 4 aliphatic rings. The van der Waals surface area contributed by atoms with Crippen LogP contribution in [-0.2, 0) is 14.4 Å². The molecule has 1 aromatic carbocycles. The van der Waals surface area contributed by atoms with Crippen LogP contribution >= 0.6 is 11.8 Å². The number of amides is 4. The molecule has 5 heterocycles. The van der Waals surface area contributed by atoms with Crippen LogP contribution in [0.15, 0.2) is 40.4 Å². The quantitative estimate of drug-likeness (QED) is 0.119. The van der Waals surface area contributed by atoms with Crippen LogP contribution in [0.1, 0.15) is 39.4 Å². The van der Waals surface area contributed by atoms with Crippen molar-refractivity contribution in [3.63, 3.8) is 0 Å². The normalized spacial score (nSPS) is 20.8. The number of aryl methyl sites for hydroxylation is 1. The summed E-state index contributed by atoms with van der Waals surface area (Å²) >= 11 is 1.32. The molecule has 1 atom stereocenters. The van der Waals surface area contributed by atoms with Crippen LogP contribution in [0, 0.1) is 12.8 Å². The summed E-state index contributed by atoms with van der Waals surface area (Å²) in [5.74, 6) is 1.11. The number of fused-ring (bicyclic) bond motifs is 1. The van der Waals surface area contributed by atoms with Gasteiger partial charge in [-0.25, -0.2) is 9.97 Å². The number of rotatable bonds is 11. The third-order valence-electron chi connectivity index (χ3n) is 8.61. The molecule has 46 heavy (non-hydrogen) atoms. The zero-order valence-electron chi connectivity index (χ0n) is 25.5. The van der Waals surface area contributed by atoms with Gasteiger partial charge >= 0.3 is 0 Å². The standard InChI is InChI=1S/C31H35N9O5S/c1-19-34-25(33-18-46-21(17-41)13-32-2)12-26(35-19)38-10-8-37(9-11-38)14-20-15-39(16-20)23-5-3-4-22-28(23)31(45)40(30(22)44)24-6-7-27(42)36-29(24)43/h3-5,12-13,17,20,24H,2,6-11,14-16,18H2,1H3,(H,33,34,35)(H,36,42,43)/b21-13-. The van der Waals surface area contributed by atoms with Gasteiger partial charge in [-0.05, 0) is 32.2 Å². The number of aromatic nitrogens is 2. The Bertz CT molecular complexity index is 1620. The molecule has 0 saturated carbocycles. The van der Waals surface area contributed by atoms with E-state index >= 15 is 0 Å². The van der Waals surface area contributed by atoms with Gasteiger partial charge < -0.3 is 15.1 Å². The van der Waals surface area contributed by atoms with Crippen LogP contribution in [0.3, 0.4) is 0 Å². The van der Waals surface area contributed by atoms with E-state index in [0.717, 1.165) is 62.8 Å². The smallest absolute Gasteiger partial charge is 0.264 e. The molecule has 14 nitrogen and oxygen atoms in total. The molecular weight excluding hydrogens is 610 g/mol. The van der Waals surface area contributed by atoms with Gasteiger partial charge in [0.05, 0.1) is 27.6 Å². The van der Waals surface area contributed by atoms with Crippen molar-refractivity contribution in [3.05, 3.63) is 52.3 Å². The fourth-order valence-corrected chi connectivity index (χ4v) is 6.96. The maximum Gasteiger partial charge on any atom is 0.264 e. The van der Waals surface area contributed by atoms with Crippen molar-refractivity contribution in [3.8, 4) is 0 Å². The number of aldehydes is 1. The largest absolute Gasteiger partial charge is 0.370 e. The zero-order chi connectivity index (χ0) is 32.4. The van der Waals surface area contributed by atoms with Gasteiger partial charge in [0.25, 0.3) is 11.8 Å². The number of aliphatic imine (C=N–C) groups is 1. The summed E-state index contributed by atoms with van der Waals surface area (Å²) in [6.45, 7) is 11.1. The number of carbonyl (C=O) groups excluding carboxylic acids is 5. The number of thioether (sulfide) groups is 1. The molecule has 6 rings (SSSR count). The predicted molar refractivity (Wildman–Crippen MR) is 174 cm³/mol. The fraction of sp³-hybridized carbons (Fsp3) is 0.419. The average Bonchev–Trinajstić information content (AvgIpc) is 3.28. The van der Waals surface area contributed by atoms with Gasteiger partial charge in [-0.2, -0.15) is 0 Å². The van der Waals surface area contributed by atoms with Crippen molar-refractivity contribution in [2.24, 2.45) is 10.9 Å². The maximum absolute atomic E-state index is 13.5. The number of imide groups is 2. The number of anilines is 3. The van der Waals surface area contributed by atoms with Gasteiger partial charge in [0.2, 0.25) is 11.8 Å². The summed E-state index contributed by atoms with van der Waals surface area (Å²) < 4.78 is 0. The molecule has 1 unspecified atom stereocenters. The Kier molecular flexibility index (Phi) is 9.12. The first kappa shape index (κ1) is 31.4. The van der Waals surface area contributed by atoms with E-state index in [-0.39, 0.29) is 12.8 Å². The Hall–Kier alpha value is -4.63. The van der Waals surface area contributed by atoms with E-state index in [4.69, 9.17) is 0 Å². The first-order valence-corrected chi connectivity index (χ1v) is 16.1. The van der Waals surface area contributed by atoms with Crippen LogP contribution < -0.4 is 20.4 Å². The van der Waals surface area contributed by atoms with Crippen LogP contribution in [-0.4, -0.2) is 114 Å². The zero-order valence-corrected chi connectivity index (χ0v) is 26.3. The first-order valence-electron chi connectivity index (χ1n) is 15.2. The average molecular weight is 646 g/mol. The molecule has 4 aliphatic heterocycles. The van der Waals surface area contributed by atoms with E-state index in [2.05, 4.69) is 47.0 Å². The van der Waals surface area contributed by atoms with Crippen molar-refractivity contribution in [2.45, 2.75) is 25.8 Å². The number of allylic oxidation sites excluding steroid dienone is 1. The minimum Gasteiger partial charge on any atom is -0.370 e.